The molecule has 0 saturated carbocycles. The molecule has 0 saturated heterocycles. The summed E-state index contributed by atoms with van der Waals surface area (Å²) in [4.78, 5) is 12.4. The van der Waals surface area contributed by atoms with Crippen molar-refractivity contribution in [1.29, 1.82) is 0 Å². The summed E-state index contributed by atoms with van der Waals surface area (Å²) >= 11 is 0. The molecule has 0 aliphatic carbocycles. The molecule has 2 rings (SSSR count). The SMILES string of the molecule is CCc1ccccc1CNC(=O)C(CN)c1ccccc1. The van der Waals surface area contributed by atoms with Gasteiger partial charge >= 0.3 is 0 Å². The number of nitrogens with one attached hydrogen (secondary N) is 1. The molecule has 0 aliphatic heterocycles. The number of nitrogens with two attached hydrogens (primary N) is 1. The lowest BCUT2D eigenvalue weighted by Gasteiger charge is -2.16. The molecular weight excluding hydrogens is 260 g/mol. The Labute approximate surface area is 126 Å². The van der Waals surface area contributed by atoms with E-state index in [-0.39, 0.29) is 11.8 Å². The summed E-state index contributed by atoms with van der Waals surface area (Å²) in [5.41, 5.74) is 9.16. The Morgan fingerprint density at radius 3 is 2.29 bits per heavy atom. The smallest absolute Gasteiger partial charge is 0.229 e. The van der Waals surface area contributed by atoms with Crippen molar-refractivity contribution in [3.05, 3.63) is 71.3 Å². The summed E-state index contributed by atoms with van der Waals surface area (Å²) in [5.74, 6) is -0.311. The maximum absolute atomic E-state index is 12.4. The van der Waals surface area contributed by atoms with Gasteiger partial charge in [0.05, 0.1) is 5.92 Å². The molecule has 0 aliphatic rings. The minimum atomic E-state index is -0.292. The monoisotopic (exact) mass is 282 g/mol. The van der Waals surface area contributed by atoms with Crippen molar-refractivity contribution in [1.82, 2.24) is 5.32 Å². The third-order valence-corrected chi connectivity index (χ3v) is 3.71. The molecule has 0 radical (unpaired) electrons. The molecule has 0 fully saturated rings. The summed E-state index contributed by atoms with van der Waals surface area (Å²) in [7, 11) is 0. The van der Waals surface area contributed by atoms with E-state index >= 15 is 0 Å². The fourth-order valence-electron chi connectivity index (χ4n) is 2.46. The van der Waals surface area contributed by atoms with Gasteiger partial charge in [-0.1, -0.05) is 61.5 Å². The van der Waals surface area contributed by atoms with E-state index in [4.69, 9.17) is 5.73 Å². The van der Waals surface area contributed by atoms with E-state index in [1.807, 2.05) is 42.5 Å². The fraction of sp³-hybridized carbons (Fsp3) is 0.278. The number of carbonyl (C=O) groups is 1. The molecule has 1 amide bonds. The van der Waals surface area contributed by atoms with E-state index in [2.05, 4.69) is 24.4 Å². The molecule has 0 spiro atoms. The van der Waals surface area contributed by atoms with Crippen LogP contribution in [0.15, 0.2) is 54.6 Å². The van der Waals surface area contributed by atoms with E-state index < -0.39 is 0 Å². The van der Waals surface area contributed by atoms with Crippen molar-refractivity contribution < 1.29 is 4.79 Å². The highest BCUT2D eigenvalue weighted by atomic mass is 16.1. The highest BCUT2D eigenvalue weighted by Gasteiger charge is 2.18. The second-order valence-electron chi connectivity index (χ2n) is 5.04. The van der Waals surface area contributed by atoms with E-state index in [1.54, 1.807) is 0 Å². The van der Waals surface area contributed by atoms with E-state index in [0.717, 1.165) is 17.5 Å². The standard InChI is InChI=1S/C18H22N2O/c1-2-14-8-6-7-11-16(14)13-20-18(21)17(12-19)15-9-4-3-5-10-15/h3-11,17H,2,12-13,19H2,1H3,(H,20,21). The zero-order valence-electron chi connectivity index (χ0n) is 12.4. The van der Waals surface area contributed by atoms with Crippen LogP contribution in [0.5, 0.6) is 0 Å². The van der Waals surface area contributed by atoms with Crippen molar-refractivity contribution in [2.75, 3.05) is 6.54 Å². The first-order valence-corrected chi connectivity index (χ1v) is 7.35. The highest BCUT2D eigenvalue weighted by Crippen LogP contribution is 2.15. The number of carbonyl (C=O) groups excluding carboxylic acids is 1. The zero-order chi connectivity index (χ0) is 15.1. The molecule has 0 aromatic heterocycles. The Morgan fingerprint density at radius 2 is 1.67 bits per heavy atom. The van der Waals surface area contributed by atoms with Crippen LogP contribution in [-0.4, -0.2) is 12.5 Å². The van der Waals surface area contributed by atoms with Gasteiger partial charge in [0.25, 0.3) is 0 Å². The third kappa shape index (κ3) is 3.92. The number of hydrogen-bond donors (Lipinski definition) is 2. The van der Waals surface area contributed by atoms with Crippen LogP contribution in [0.2, 0.25) is 0 Å². The second-order valence-corrected chi connectivity index (χ2v) is 5.04. The molecule has 3 N–H and O–H groups in total. The average molecular weight is 282 g/mol. The number of hydrogen-bond acceptors (Lipinski definition) is 2. The summed E-state index contributed by atoms with van der Waals surface area (Å²) in [5, 5.41) is 3.00. The summed E-state index contributed by atoms with van der Waals surface area (Å²) < 4.78 is 0. The molecule has 21 heavy (non-hydrogen) atoms. The maximum Gasteiger partial charge on any atom is 0.229 e. The van der Waals surface area contributed by atoms with Crippen molar-refractivity contribution in [2.24, 2.45) is 5.73 Å². The van der Waals surface area contributed by atoms with Crippen LogP contribution >= 0.6 is 0 Å². The van der Waals surface area contributed by atoms with Crippen molar-refractivity contribution in [3.63, 3.8) is 0 Å². The van der Waals surface area contributed by atoms with Gasteiger partial charge in [0.2, 0.25) is 5.91 Å². The topological polar surface area (TPSA) is 55.1 Å². The van der Waals surface area contributed by atoms with Crippen molar-refractivity contribution in [2.45, 2.75) is 25.8 Å². The first-order chi connectivity index (χ1) is 10.3. The quantitative estimate of drug-likeness (QED) is 0.855. The third-order valence-electron chi connectivity index (χ3n) is 3.71. The molecule has 2 aromatic carbocycles. The fourth-order valence-corrected chi connectivity index (χ4v) is 2.46. The Hall–Kier alpha value is -2.13. The molecule has 110 valence electrons. The van der Waals surface area contributed by atoms with Crippen LogP contribution in [0.4, 0.5) is 0 Å². The van der Waals surface area contributed by atoms with Gasteiger partial charge in [0, 0.05) is 13.1 Å². The van der Waals surface area contributed by atoms with Gasteiger partial charge in [0.15, 0.2) is 0 Å². The molecule has 0 heterocycles. The van der Waals surface area contributed by atoms with Gasteiger partial charge in [-0.3, -0.25) is 4.79 Å². The predicted octanol–water partition coefficient (Wildman–Crippen LogP) is 2.61. The lowest BCUT2D eigenvalue weighted by Crippen LogP contribution is -2.33. The Bertz CT molecular complexity index is 581. The molecule has 1 unspecified atom stereocenters. The lowest BCUT2D eigenvalue weighted by atomic mass is 9.98. The minimum absolute atomic E-state index is 0.0189. The normalized spacial score (nSPS) is 11.9. The van der Waals surface area contributed by atoms with Crippen LogP contribution in [0.1, 0.15) is 29.5 Å². The average Bonchev–Trinajstić information content (AvgIpc) is 2.55. The van der Waals surface area contributed by atoms with Gasteiger partial charge in [-0.2, -0.15) is 0 Å². The number of benzene rings is 2. The number of rotatable bonds is 6. The Morgan fingerprint density at radius 1 is 1.05 bits per heavy atom. The van der Waals surface area contributed by atoms with E-state index in [0.29, 0.717) is 13.1 Å². The molecule has 3 heteroatoms. The first-order valence-electron chi connectivity index (χ1n) is 7.35. The highest BCUT2D eigenvalue weighted by molar-refractivity contribution is 5.83. The van der Waals surface area contributed by atoms with E-state index in [1.165, 1.54) is 5.56 Å². The molecular formula is C18H22N2O. The van der Waals surface area contributed by atoms with Crippen LogP contribution < -0.4 is 11.1 Å². The van der Waals surface area contributed by atoms with Gasteiger partial charge < -0.3 is 11.1 Å². The van der Waals surface area contributed by atoms with E-state index in [9.17, 15) is 4.79 Å². The lowest BCUT2D eigenvalue weighted by molar-refractivity contribution is -0.122. The van der Waals surface area contributed by atoms with Gasteiger partial charge in [-0.15, -0.1) is 0 Å². The summed E-state index contributed by atoms with van der Waals surface area (Å²) in [6.45, 7) is 2.98. The predicted molar refractivity (Wildman–Crippen MR) is 85.9 cm³/mol. The van der Waals surface area contributed by atoms with Gasteiger partial charge in [0.1, 0.15) is 0 Å². The van der Waals surface area contributed by atoms with Gasteiger partial charge in [-0.05, 0) is 23.1 Å². The second kappa shape index (κ2) is 7.60. The van der Waals surface area contributed by atoms with Crippen molar-refractivity contribution in [3.8, 4) is 0 Å². The largest absolute Gasteiger partial charge is 0.351 e. The number of amides is 1. The molecule has 2 aromatic rings. The van der Waals surface area contributed by atoms with Crippen LogP contribution in [0.25, 0.3) is 0 Å². The first kappa shape index (κ1) is 15.3. The Kier molecular flexibility index (Phi) is 5.52. The molecule has 1 atom stereocenters. The summed E-state index contributed by atoms with van der Waals surface area (Å²) in [6.07, 6.45) is 0.963. The van der Waals surface area contributed by atoms with Crippen molar-refractivity contribution >= 4 is 5.91 Å². The zero-order valence-corrected chi connectivity index (χ0v) is 12.4. The Balaban J connectivity index is 2.03. The maximum atomic E-state index is 12.4. The van der Waals surface area contributed by atoms with Crippen LogP contribution in [-0.2, 0) is 17.8 Å². The molecule has 3 nitrogen and oxygen atoms in total. The van der Waals surface area contributed by atoms with Gasteiger partial charge in [-0.25, -0.2) is 0 Å². The summed E-state index contributed by atoms with van der Waals surface area (Å²) in [6, 6.07) is 17.9. The van der Waals surface area contributed by atoms with Crippen LogP contribution in [0, 0.1) is 0 Å². The van der Waals surface area contributed by atoms with Crippen LogP contribution in [0.3, 0.4) is 0 Å². The molecule has 0 bridgehead atoms. The minimum Gasteiger partial charge on any atom is -0.351 e. The number of aryl methyl sites for hydroxylation is 1.